The van der Waals surface area contributed by atoms with Gasteiger partial charge in [-0.2, -0.15) is 0 Å². The molecule has 1 aromatic rings. The van der Waals surface area contributed by atoms with Crippen molar-refractivity contribution in [3.05, 3.63) is 29.3 Å². The van der Waals surface area contributed by atoms with Gasteiger partial charge in [0.25, 0.3) is 11.8 Å². The SMILES string of the molecule is O=C1CCC(N2C(=O)c3ccc(NCCCN4CCC5(CC4)CNC5)cc3C2=O)C(=O)N1. The number of carbonyl (C=O) groups is 4. The number of benzene rings is 1. The van der Waals surface area contributed by atoms with Gasteiger partial charge in [0.15, 0.2) is 0 Å². The Bertz CT molecular complexity index is 963. The average molecular weight is 440 g/mol. The fraction of sp³-hybridized carbons (Fsp3) is 0.565. The third-order valence-electron chi connectivity index (χ3n) is 7.34. The number of amides is 4. The molecule has 9 heteroatoms. The minimum atomic E-state index is -0.934. The first-order valence-electron chi connectivity index (χ1n) is 11.5. The van der Waals surface area contributed by atoms with E-state index in [1.54, 1.807) is 18.2 Å². The van der Waals surface area contributed by atoms with E-state index in [1.807, 2.05) is 0 Å². The van der Waals surface area contributed by atoms with Crippen LogP contribution in [0.15, 0.2) is 18.2 Å². The first-order valence-corrected chi connectivity index (χ1v) is 11.5. The summed E-state index contributed by atoms with van der Waals surface area (Å²) in [4.78, 5) is 52.7. The van der Waals surface area contributed by atoms with Crippen LogP contribution in [0.2, 0.25) is 0 Å². The zero-order valence-electron chi connectivity index (χ0n) is 18.1. The minimum Gasteiger partial charge on any atom is -0.385 e. The molecule has 1 aromatic carbocycles. The summed E-state index contributed by atoms with van der Waals surface area (Å²) in [5, 5.41) is 8.96. The average Bonchev–Trinajstić information content (AvgIpc) is 3.01. The van der Waals surface area contributed by atoms with Crippen molar-refractivity contribution in [1.82, 2.24) is 20.4 Å². The molecule has 4 amide bonds. The molecular weight excluding hydrogens is 410 g/mol. The summed E-state index contributed by atoms with van der Waals surface area (Å²) in [6.45, 7) is 6.48. The lowest BCUT2D eigenvalue weighted by Crippen LogP contribution is -2.58. The maximum atomic E-state index is 12.9. The lowest BCUT2D eigenvalue weighted by Gasteiger charge is -2.48. The van der Waals surface area contributed by atoms with Crippen LogP contribution in [0.1, 0.15) is 52.8 Å². The van der Waals surface area contributed by atoms with Gasteiger partial charge in [0.2, 0.25) is 11.8 Å². The highest BCUT2D eigenvalue weighted by molar-refractivity contribution is 6.23. The molecule has 0 saturated carbocycles. The van der Waals surface area contributed by atoms with Crippen molar-refractivity contribution in [2.45, 2.75) is 38.1 Å². The first kappa shape index (κ1) is 21.1. The van der Waals surface area contributed by atoms with Crippen LogP contribution in [-0.4, -0.2) is 78.7 Å². The Morgan fingerprint density at radius 3 is 2.47 bits per heavy atom. The van der Waals surface area contributed by atoms with E-state index in [2.05, 4.69) is 20.9 Å². The minimum absolute atomic E-state index is 0.117. The number of hydrogen-bond acceptors (Lipinski definition) is 7. The zero-order chi connectivity index (χ0) is 22.3. The quantitative estimate of drug-likeness (QED) is 0.439. The van der Waals surface area contributed by atoms with Gasteiger partial charge in [-0.15, -0.1) is 0 Å². The van der Waals surface area contributed by atoms with Crippen LogP contribution >= 0.6 is 0 Å². The first-order chi connectivity index (χ1) is 15.5. The van der Waals surface area contributed by atoms with Crippen molar-refractivity contribution < 1.29 is 19.2 Å². The molecule has 3 saturated heterocycles. The number of fused-ring (bicyclic) bond motifs is 1. The molecule has 4 aliphatic rings. The maximum Gasteiger partial charge on any atom is 0.262 e. The van der Waals surface area contributed by atoms with E-state index in [9.17, 15) is 19.2 Å². The number of rotatable bonds is 6. The molecule has 1 spiro atoms. The van der Waals surface area contributed by atoms with E-state index in [0.717, 1.165) is 43.2 Å². The highest BCUT2D eigenvalue weighted by Gasteiger charge is 2.44. The molecule has 0 aromatic heterocycles. The summed E-state index contributed by atoms with van der Waals surface area (Å²) in [6.07, 6.45) is 3.83. The smallest absolute Gasteiger partial charge is 0.262 e. The molecule has 170 valence electrons. The van der Waals surface area contributed by atoms with E-state index >= 15 is 0 Å². The number of hydrogen-bond donors (Lipinski definition) is 3. The second-order valence-electron chi connectivity index (χ2n) is 9.43. The van der Waals surface area contributed by atoms with Crippen LogP contribution in [-0.2, 0) is 9.59 Å². The molecule has 0 bridgehead atoms. The Balaban J connectivity index is 1.14. The summed E-state index contributed by atoms with van der Waals surface area (Å²) in [5.74, 6) is -1.92. The van der Waals surface area contributed by atoms with Gasteiger partial charge >= 0.3 is 0 Å². The second kappa shape index (κ2) is 8.29. The van der Waals surface area contributed by atoms with Crippen molar-refractivity contribution in [3.63, 3.8) is 0 Å². The molecule has 3 N–H and O–H groups in total. The number of likely N-dealkylation sites (tertiary alicyclic amines) is 1. The molecule has 32 heavy (non-hydrogen) atoms. The predicted octanol–water partition coefficient (Wildman–Crippen LogP) is 0.575. The van der Waals surface area contributed by atoms with Gasteiger partial charge in [0.05, 0.1) is 11.1 Å². The molecular formula is C23H29N5O4. The van der Waals surface area contributed by atoms with Crippen molar-refractivity contribution >= 4 is 29.3 Å². The number of anilines is 1. The van der Waals surface area contributed by atoms with E-state index in [-0.39, 0.29) is 18.7 Å². The Morgan fingerprint density at radius 1 is 1.03 bits per heavy atom. The van der Waals surface area contributed by atoms with Gasteiger partial charge in [-0.3, -0.25) is 29.4 Å². The lowest BCUT2D eigenvalue weighted by atomic mass is 9.73. The van der Waals surface area contributed by atoms with Crippen molar-refractivity contribution in [2.24, 2.45) is 5.41 Å². The van der Waals surface area contributed by atoms with Gasteiger partial charge in [-0.05, 0) is 68.9 Å². The van der Waals surface area contributed by atoms with Crippen molar-refractivity contribution in [1.29, 1.82) is 0 Å². The van der Waals surface area contributed by atoms with E-state index < -0.39 is 23.8 Å². The standard InChI is InChI=1S/C23H29N5O4/c29-19-5-4-18(20(30)26-19)28-21(31)16-3-2-15(12-17(16)22(28)32)25-8-1-9-27-10-6-23(7-11-27)13-24-14-23/h2-3,12,18,24-25H,1,4-11,13-14H2,(H,26,29,30). The highest BCUT2D eigenvalue weighted by atomic mass is 16.2. The third-order valence-corrected chi connectivity index (χ3v) is 7.34. The van der Waals surface area contributed by atoms with E-state index in [0.29, 0.717) is 16.5 Å². The molecule has 4 heterocycles. The summed E-state index contributed by atoms with van der Waals surface area (Å²) in [5.41, 5.74) is 1.96. The second-order valence-corrected chi connectivity index (χ2v) is 9.43. The Morgan fingerprint density at radius 2 is 1.78 bits per heavy atom. The van der Waals surface area contributed by atoms with E-state index in [1.165, 1.54) is 25.9 Å². The predicted molar refractivity (Wildman–Crippen MR) is 117 cm³/mol. The van der Waals surface area contributed by atoms with Gasteiger partial charge in [-0.1, -0.05) is 0 Å². The number of nitrogens with one attached hydrogen (secondary N) is 3. The monoisotopic (exact) mass is 439 g/mol. The van der Waals surface area contributed by atoms with Crippen LogP contribution in [0.3, 0.4) is 0 Å². The summed E-state index contributed by atoms with van der Waals surface area (Å²) in [6, 6.07) is 4.19. The van der Waals surface area contributed by atoms with Gasteiger partial charge < -0.3 is 15.5 Å². The Labute approximate surface area is 186 Å². The highest BCUT2D eigenvalue weighted by Crippen LogP contribution is 2.35. The fourth-order valence-corrected chi connectivity index (χ4v) is 5.20. The topological polar surface area (TPSA) is 111 Å². The number of nitrogens with zero attached hydrogens (tertiary/aromatic N) is 2. The number of carbonyl (C=O) groups excluding carboxylic acids is 4. The normalized spacial score (nSPS) is 25.0. The molecule has 1 atom stereocenters. The Kier molecular flexibility index (Phi) is 5.46. The van der Waals surface area contributed by atoms with Gasteiger partial charge in [0.1, 0.15) is 6.04 Å². The molecule has 9 nitrogen and oxygen atoms in total. The van der Waals surface area contributed by atoms with Gasteiger partial charge in [0, 0.05) is 31.7 Å². The molecule has 4 aliphatic heterocycles. The lowest BCUT2D eigenvalue weighted by molar-refractivity contribution is -0.136. The van der Waals surface area contributed by atoms with Crippen LogP contribution in [0.5, 0.6) is 0 Å². The van der Waals surface area contributed by atoms with Gasteiger partial charge in [-0.25, -0.2) is 0 Å². The van der Waals surface area contributed by atoms with Crippen molar-refractivity contribution in [2.75, 3.05) is 44.6 Å². The molecule has 5 rings (SSSR count). The number of piperidine rings is 2. The Hall–Kier alpha value is -2.78. The fourth-order valence-electron chi connectivity index (χ4n) is 5.20. The molecule has 1 unspecified atom stereocenters. The van der Waals surface area contributed by atoms with Crippen LogP contribution < -0.4 is 16.0 Å². The number of imide groups is 2. The maximum absolute atomic E-state index is 12.9. The third kappa shape index (κ3) is 3.80. The largest absolute Gasteiger partial charge is 0.385 e. The van der Waals surface area contributed by atoms with Crippen LogP contribution in [0, 0.1) is 5.41 Å². The molecule has 0 aliphatic carbocycles. The van der Waals surface area contributed by atoms with Crippen molar-refractivity contribution in [3.8, 4) is 0 Å². The van der Waals surface area contributed by atoms with Crippen LogP contribution in [0.4, 0.5) is 5.69 Å². The van der Waals surface area contributed by atoms with E-state index in [4.69, 9.17) is 0 Å². The summed E-state index contributed by atoms with van der Waals surface area (Å²) < 4.78 is 0. The summed E-state index contributed by atoms with van der Waals surface area (Å²) >= 11 is 0. The summed E-state index contributed by atoms with van der Waals surface area (Å²) in [7, 11) is 0. The zero-order valence-corrected chi connectivity index (χ0v) is 18.1. The van der Waals surface area contributed by atoms with Crippen LogP contribution in [0.25, 0.3) is 0 Å². The molecule has 3 fully saturated rings. The molecule has 0 radical (unpaired) electrons.